The van der Waals surface area contributed by atoms with Crippen molar-refractivity contribution in [2.24, 2.45) is 0 Å². The first-order chi connectivity index (χ1) is 15.8. The first kappa shape index (κ1) is 27.6. The second-order valence-electron chi connectivity index (χ2n) is 10.6. The largest absolute Gasteiger partial charge is 0.390 e. The van der Waals surface area contributed by atoms with Gasteiger partial charge in [0.05, 0.1) is 11.7 Å². The van der Waals surface area contributed by atoms with Gasteiger partial charge in [0.25, 0.3) is 0 Å². The summed E-state index contributed by atoms with van der Waals surface area (Å²) in [5.74, 6) is 0. The van der Waals surface area contributed by atoms with Crippen LogP contribution in [-0.4, -0.2) is 21.9 Å². The Morgan fingerprint density at radius 2 is 1.85 bits per heavy atom. The second kappa shape index (κ2) is 14.6. The van der Waals surface area contributed by atoms with Gasteiger partial charge in [-0.3, -0.25) is 0 Å². The van der Waals surface area contributed by atoms with Gasteiger partial charge in [0.15, 0.2) is 0 Å². The molecule has 1 atom stereocenters. The highest BCUT2D eigenvalue weighted by Crippen LogP contribution is 2.30. The van der Waals surface area contributed by atoms with Crippen LogP contribution in [0, 0.1) is 0 Å². The number of allylic oxidation sites excluding steroid dienone is 3. The number of aliphatic hydroxyl groups excluding tert-OH is 1. The molecule has 0 aliphatic heterocycles. The van der Waals surface area contributed by atoms with E-state index in [9.17, 15) is 10.2 Å². The second-order valence-corrected chi connectivity index (χ2v) is 10.6. The standard InChI is InChI=1S/C31H48O2/c1-5-6-7-8-11-17-28(22-21-27-18-14-20-30(32)25(27)2)29-19-13-16-26(24-29)15-10-9-12-23-31(3,4)33/h13,16,19,21-22,24,30,32-33H,2,5-12,14-15,17-18,20,23H2,1,3-4H3/b27-21-,28-22+. The van der Waals surface area contributed by atoms with Crippen molar-refractivity contribution in [2.75, 3.05) is 0 Å². The fourth-order valence-corrected chi connectivity index (χ4v) is 4.66. The van der Waals surface area contributed by atoms with Crippen molar-refractivity contribution in [1.29, 1.82) is 0 Å². The Morgan fingerprint density at radius 1 is 1.09 bits per heavy atom. The lowest BCUT2D eigenvalue weighted by Gasteiger charge is -2.22. The molecule has 1 unspecified atom stereocenters. The van der Waals surface area contributed by atoms with Crippen molar-refractivity contribution in [2.45, 2.75) is 122 Å². The predicted molar refractivity (Wildman–Crippen MR) is 143 cm³/mol. The smallest absolute Gasteiger partial charge is 0.0787 e. The number of benzene rings is 1. The van der Waals surface area contributed by atoms with Crippen LogP contribution in [0.1, 0.15) is 115 Å². The number of hydrogen-bond donors (Lipinski definition) is 2. The Kier molecular flexibility index (Phi) is 12.2. The number of unbranched alkanes of at least 4 members (excludes halogenated alkanes) is 6. The zero-order chi connectivity index (χ0) is 24.1. The molecule has 0 aromatic heterocycles. The molecule has 184 valence electrons. The van der Waals surface area contributed by atoms with Gasteiger partial charge in [-0.15, -0.1) is 0 Å². The molecule has 0 spiro atoms. The van der Waals surface area contributed by atoms with Gasteiger partial charge in [-0.25, -0.2) is 0 Å². The Labute approximate surface area is 203 Å². The van der Waals surface area contributed by atoms with E-state index < -0.39 is 5.60 Å². The van der Waals surface area contributed by atoms with Gasteiger partial charge >= 0.3 is 0 Å². The maximum Gasteiger partial charge on any atom is 0.0787 e. The van der Waals surface area contributed by atoms with E-state index >= 15 is 0 Å². The van der Waals surface area contributed by atoms with E-state index in [-0.39, 0.29) is 6.10 Å². The Morgan fingerprint density at radius 3 is 2.61 bits per heavy atom. The van der Waals surface area contributed by atoms with Crippen LogP contribution in [0.5, 0.6) is 0 Å². The molecule has 2 heteroatoms. The minimum Gasteiger partial charge on any atom is -0.390 e. The van der Waals surface area contributed by atoms with Crippen molar-refractivity contribution < 1.29 is 10.2 Å². The van der Waals surface area contributed by atoms with Crippen molar-refractivity contribution in [3.63, 3.8) is 0 Å². The molecule has 1 saturated carbocycles. The Hall–Kier alpha value is -1.64. The first-order valence-electron chi connectivity index (χ1n) is 13.4. The number of hydrogen-bond acceptors (Lipinski definition) is 2. The summed E-state index contributed by atoms with van der Waals surface area (Å²) in [6.07, 6.45) is 19.9. The van der Waals surface area contributed by atoms with Crippen LogP contribution in [0.25, 0.3) is 5.57 Å². The molecule has 0 heterocycles. The number of aliphatic hydroxyl groups is 2. The molecule has 0 amide bonds. The molecule has 1 aromatic carbocycles. The summed E-state index contributed by atoms with van der Waals surface area (Å²) < 4.78 is 0. The third-order valence-corrected chi connectivity index (χ3v) is 6.83. The highest BCUT2D eigenvalue weighted by Gasteiger charge is 2.18. The topological polar surface area (TPSA) is 40.5 Å². The summed E-state index contributed by atoms with van der Waals surface area (Å²) in [6, 6.07) is 9.06. The van der Waals surface area contributed by atoms with Gasteiger partial charge < -0.3 is 10.2 Å². The molecule has 2 rings (SSSR count). The van der Waals surface area contributed by atoms with Crippen molar-refractivity contribution in [1.82, 2.24) is 0 Å². The molecule has 2 N–H and O–H groups in total. The molecule has 0 saturated heterocycles. The molecular weight excluding hydrogens is 404 g/mol. The number of aryl methyl sites for hydroxylation is 1. The molecular formula is C31H48O2. The summed E-state index contributed by atoms with van der Waals surface area (Å²) in [6.45, 7) is 10.2. The van der Waals surface area contributed by atoms with E-state index in [4.69, 9.17) is 0 Å². The summed E-state index contributed by atoms with van der Waals surface area (Å²) in [5, 5.41) is 20.1. The predicted octanol–water partition coefficient (Wildman–Crippen LogP) is 8.33. The fraction of sp³-hybridized carbons (Fsp3) is 0.613. The molecule has 0 radical (unpaired) electrons. The highest BCUT2D eigenvalue weighted by atomic mass is 16.3. The van der Waals surface area contributed by atoms with Crippen LogP contribution in [0.2, 0.25) is 0 Å². The van der Waals surface area contributed by atoms with Crippen LogP contribution in [0.15, 0.2) is 54.1 Å². The van der Waals surface area contributed by atoms with Gasteiger partial charge in [-0.05, 0) is 93.1 Å². The SMILES string of the molecule is C=C1/C(=C\C=C(/CCCCCCC)c2cccc(CCCCCC(C)(C)O)c2)CCCC1O. The normalized spacial score (nSPS) is 18.8. The van der Waals surface area contributed by atoms with E-state index in [1.54, 1.807) is 0 Å². The van der Waals surface area contributed by atoms with Crippen LogP contribution in [-0.2, 0) is 6.42 Å². The minimum atomic E-state index is -0.551. The van der Waals surface area contributed by atoms with Crippen LogP contribution < -0.4 is 0 Å². The van der Waals surface area contributed by atoms with Crippen LogP contribution in [0.4, 0.5) is 0 Å². The van der Waals surface area contributed by atoms with E-state index in [0.29, 0.717) is 0 Å². The van der Waals surface area contributed by atoms with E-state index in [2.05, 4.69) is 49.9 Å². The van der Waals surface area contributed by atoms with Gasteiger partial charge in [0, 0.05) is 0 Å². The average molecular weight is 453 g/mol. The highest BCUT2D eigenvalue weighted by molar-refractivity contribution is 5.68. The first-order valence-corrected chi connectivity index (χ1v) is 13.4. The zero-order valence-corrected chi connectivity index (χ0v) is 21.5. The lowest BCUT2D eigenvalue weighted by molar-refractivity contribution is 0.0681. The quantitative estimate of drug-likeness (QED) is 0.278. The third-order valence-electron chi connectivity index (χ3n) is 6.83. The van der Waals surface area contributed by atoms with Gasteiger partial charge in [-0.1, -0.05) is 88.4 Å². The molecule has 33 heavy (non-hydrogen) atoms. The zero-order valence-electron chi connectivity index (χ0n) is 21.5. The monoisotopic (exact) mass is 452 g/mol. The van der Waals surface area contributed by atoms with Gasteiger partial charge in [0.1, 0.15) is 0 Å². The van der Waals surface area contributed by atoms with Crippen LogP contribution in [0.3, 0.4) is 0 Å². The average Bonchev–Trinajstić information content (AvgIpc) is 2.77. The fourth-order valence-electron chi connectivity index (χ4n) is 4.66. The van der Waals surface area contributed by atoms with E-state index in [1.165, 1.54) is 54.4 Å². The van der Waals surface area contributed by atoms with E-state index in [1.807, 2.05) is 13.8 Å². The van der Waals surface area contributed by atoms with Gasteiger partial charge in [0.2, 0.25) is 0 Å². The van der Waals surface area contributed by atoms with Crippen LogP contribution >= 0.6 is 0 Å². The van der Waals surface area contributed by atoms with Gasteiger partial charge in [-0.2, -0.15) is 0 Å². The number of rotatable bonds is 14. The molecule has 1 aromatic rings. The minimum absolute atomic E-state index is 0.379. The lowest BCUT2D eigenvalue weighted by Crippen LogP contribution is -2.17. The molecule has 2 nitrogen and oxygen atoms in total. The molecule has 1 fully saturated rings. The summed E-state index contributed by atoms with van der Waals surface area (Å²) in [4.78, 5) is 0. The Bertz CT molecular complexity index is 778. The van der Waals surface area contributed by atoms with E-state index in [0.717, 1.165) is 63.4 Å². The van der Waals surface area contributed by atoms with Crippen molar-refractivity contribution in [3.05, 3.63) is 65.3 Å². The summed E-state index contributed by atoms with van der Waals surface area (Å²) in [5.41, 5.74) is 5.69. The lowest BCUT2D eigenvalue weighted by atomic mass is 9.87. The Balaban J connectivity index is 2.07. The summed E-state index contributed by atoms with van der Waals surface area (Å²) in [7, 11) is 0. The maximum atomic E-state index is 10.2. The maximum absolute atomic E-state index is 10.2. The third kappa shape index (κ3) is 10.9. The van der Waals surface area contributed by atoms with Crippen molar-refractivity contribution >= 4 is 5.57 Å². The molecule has 1 aliphatic carbocycles. The molecule has 0 bridgehead atoms. The summed E-state index contributed by atoms with van der Waals surface area (Å²) >= 11 is 0. The molecule has 1 aliphatic rings. The van der Waals surface area contributed by atoms with Crippen molar-refractivity contribution in [3.8, 4) is 0 Å².